The summed E-state index contributed by atoms with van der Waals surface area (Å²) in [5, 5.41) is 3.51. The van der Waals surface area contributed by atoms with E-state index in [-0.39, 0.29) is 0 Å². The van der Waals surface area contributed by atoms with Gasteiger partial charge >= 0.3 is 0 Å². The number of piperidine rings is 1. The van der Waals surface area contributed by atoms with Crippen LogP contribution in [0.1, 0.15) is 32.3 Å². The Morgan fingerprint density at radius 3 is 2.45 bits per heavy atom. The van der Waals surface area contributed by atoms with E-state index in [0.29, 0.717) is 11.5 Å². The Morgan fingerprint density at radius 1 is 1.25 bits per heavy atom. The van der Waals surface area contributed by atoms with E-state index in [1.165, 1.54) is 18.4 Å². The number of hydrogen-bond acceptors (Lipinski definition) is 2. The second kappa shape index (κ2) is 7.05. The molecule has 1 aromatic carbocycles. The third-order valence-electron chi connectivity index (χ3n) is 4.55. The van der Waals surface area contributed by atoms with Crippen molar-refractivity contribution in [1.82, 2.24) is 10.2 Å². The summed E-state index contributed by atoms with van der Waals surface area (Å²) in [6.07, 6.45) is 4.47. The lowest BCUT2D eigenvalue weighted by Gasteiger charge is -2.43. The molecule has 0 aromatic heterocycles. The number of benzene rings is 1. The lowest BCUT2D eigenvalue weighted by molar-refractivity contribution is 0.157. The largest absolute Gasteiger partial charge is 0.317 e. The zero-order valence-electron chi connectivity index (χ0n) is 12.9. The molecule has 0 radical (unpaired) electrons. The SMILES string of the molecule is C=CCN(CC1(c2ccccc2)CCNCC1)C(C)C. The van der Waals surface area contributed by atoms with Crippen LogP contribution in [-0.2, 0) is 5.41 Å². The molecule has 2 nitrogen and oxygen atoms in total. The maximum Gasteiger partial charge on any atom is 0.0163 e. The molecule has 20 heavy (non-hydrogen) atoms. The highest BCUT2D eigenvalue weighted by atomic mass is 15.2. The van der Waals surface area contributed by atoms with Crippen LogP contribution in [0.15, 0.2) is 43.0 Å². The fourth-order valence-corrected chi connectivity index (χ4v) is 3.25. The van der Waals surface area contributed by atoms with E-state index in [9.17, 15) is 0 Å². The lowest BCUT2D eigenvalue weighted by atomic mass is 9.72. The van der Waals surface area contributed by atoms with Crippen LogP contribution >= 0.6 is 0 Å². The maximum absolute atomic E-state index is 3.92. The summed E-state index contributed by atoms with van der Waals surface area (Å²) in [6, 6.07) is 11.6. The Morgan fingerprint density at radius 2 is 1.90 bits per heavy atom. The molecule has 1 fully saturated rings. The van der Waals surface area contributed by atoms with Crippen molar-refractivity contribution in [1.29, 1.82) is 0 Å². The zero-order chi connectivity index (χ0) is 14.4. The van der Waals surface area contributed by atoms with Gasteiger partial charge in [0.2, 0.25) is 0 Å². The summed E-state index contributed by atoms with van der Waals surface area (Å²) in [4.78, 5) is 2.55. The van der Waals surface area contributed by atoms with Gasteiger partial charge in [0.05, 0.1) is 0 Å². The summed E-state index contributed by atoms with van der Waals surface area (Å²) in [5.74, 6) is 0. The van der Waals surface area contributed by atoms with Crippen LogP contribution in [-0.4, -0.2) is 37.1 Å². The monoisotopic (exact) mass is 272 g/mol. The van der Waals surface area contributed by atoms with Crippen molar-refractivity contribution in [3.63, 3.8) is 0 Å². The predicted octanol–water partition coefficient (Wildman–Crippen LogP) is 3.20. The van der Waals surface area contributed by atoms with Crippen LogP contribution in [0.5, 0.6) is 0 Å². The van der Waals surface area contributed by atoms with Crippen LogP contribution in [0.25, 0.3) is 0 Å². The van der Waals surface area contributed by atoms with E-state index in [4.69, 9.17) is 0 Å². The summed E-state index contributed by atoms with van der Waals surface area (Å²) in [5.41, 5.74) is 1.79. The molecular formula is C18H28N2. The van der Waals surface area contributed by atoms with E-state index >= 15 is 0 Å². The Kier molecular flexibility index (Phi) is 5.38. The number of rotatable bonds is 6. The molecule has 1 N–H and O–H groups in total. The van der Waals surface area contributed by atoms with Gasteiger partial charge in [0, 0.05) is 24.5 Å². The van der Waals surface area contributed by atoms with Crippen LogP contribution in [0, 0.1) is 0 Å². The first-order chi connectivity index (χ1) is 9.68. The van der Waals surface area contributed by atoms with Gasteiger partial charge in [-0.3, -0.25) is 4.90 Å². The van der Waals surface area contributed by atoms with E-state index < -0.39 is 0 Å². The van der Waals surface area contributed by atoms with Gasteiger partial charge < -0.3 is 5.32 Å². The normalized spacial score (nSPS) is 18.4. The minimum Gasteiger partial charge on any atom is -0.317 e. The van der Waals surface area contributed by atoms with Crippen molar-refractivity contribution in [2.24, 2.45) is 0 Å². The van der Waals surface area contributed by atoms with Gasteiger partial charge in [0.1, 0.15) is 0 Å². The van der Waals surface area contributed by atoms with Gasteiger partial charge in [-0.05, 0) is 45.3 Å². The molecular weight excluding hydrogens is 244 g/mol. The quantitative estimate of drug-likeness (QED) is 0.800. The van der Waals surface area contributed by atoms with Crippen molar-refractivity contribution in [3.05, 3.63) is 48.6 Å². The molecule has 1 heterocycles. The molecule has 0 bridgehead atoms. The van der Waals surface area contributed by atoms with Gasteiger partial charge in [-0.1, -0.05) is 36.4 Å². The first kappa shape index (κ1) is 15.3. The third-order valence-corrected chi connectivity index (χ3v) is 4.55. The molecule has 2 rings (SSSR count). The minimum absolute atomic E-state index is 0.291. The minimum atomic E-state index is 0.291. The van der Waals surface area contributed by atoms with E-state index in [2.05, 4.69) is 61.0 Å². The second-order valence-corrected chi connectivity index (χ2v) is 6.21. The fraction of sp³-hybridized carbons (Fsp3) is 0.556. The van der Waals surface area contributed by atoms with Crippen molar-refractivity contribution < 1.29 is 0 Å². The number of nitrogens with zero attached hydrogens (tertiary/aromatic N) is 1. The van der Waals surface area contributed by atoms with E-state index in [0.717, 1.165) is 26.2 Å². The zero-order valence-corrected chi connectivity index (χ0v) is 12.9. The molecule has 1 aliphatic heterocycles. The van der Waals surface area contributed by atoms with Gasteiger partial charge in [0.15, 0.2) is 0 Å². The molecule has 2 heteroatoms. The van der Waals surface area contributed by atoms with E-state index in [1.807, 2.05) is 6.08 Å². The van der Waals surface area contributed by atoms with Gasteiger partial charge in [-0.2, -0.15) is 0 Å². The first-order valence-electron chi connectivity index (χ1n) is 7.79. The maximum atomic E-state index is 3.92. The fourth-order valence-electron chi connectivity index (χ4n) is 3.25. The van der Waals surface area contributed by atoms with Crippen molar-refractivity contribution in [3.8, 4) is 0 Å². The van der Waals surface area contributed by atoms with Crippen LogP contribution in [0.2, 0.25) is 0 Å². The van der Waals surface area contributed by atoms with Crippen LogP contribution in [0.4, 0.5) is 0 Å². The lowest BCUT2D eigenvalue weighted by Crippen LogP contribution is -2.49. The van der Waals surface area contributed by atoms with Crippen molar-refractivity contribution in [2.75, 3.05) is 26.2 Å². The summed E-state index contributed by atoms with van der Waals surface area (Å²) in [6.45, 7) is 12.8. The van der Waals surface area contributed by atoms with E-state index in [1.54, 1.807) is 0 Å². The smallest absolute Gasteiger partial charge is 0.0163 e. The average molecular weight is 272 g/mol. The topological polar surface area (TPSA) is 15.3 Å². The van der Waals surface area contributed by atoms with Crippen molar-refractivity contribution in [2.45, 2.75) is 38.1 Å². The van der Waals surface area contributed by atoms with Gasteiger partial charge in [-0.15, -0.1) is 6.58 Å². The first-order valence-corrected chi connectivity index (χ1v) is 7.79. The Labute approximate surface area is 123 Å². The molecule has 1 saturated heterocycles. The highest BCUT2D eigenvalue weighted by molar-refractivity contribution is 5.27. The van der Waals surface area contributed by atoms with Crippen molar-refractivity contribution >= 4 is 0 Å². The Bertz CT molecular complexity index is 405. The Balaban J connectivity index is 2.25. The Hall–Kier alpha value is -1.12. The molecule has 0 amide bonds. The van der Waals surface area contributed by atoms with Gasteiger partial charge in [0.25, 0.3) is 0 Å². The molecule has 110 valence electrons. The summed E-state index contributed by atoms with van der Waals surface area (Å²) >= 11 is 0. The number of nitrogens with one attached hydrogen (secondary N) is 1. The highest BCUT2D eigenvalue weighted by Crippen LogP contribution is 2.34. The molecule has 1 aliphatic rings. The summed E-state index contributed by atoms with van der Waals surface area (Å²) < 4.78 is 0. The molecule has 0 atom stereocenters. The molecule has 0 unspecified atom stereocenters. The molecule has 0 saturated carbocycles. The standard InChI is InChI=1S/C18H28N2/c1-4-14-20(16(2)3)15-18(10-12-19-13-11-18)17-8-6-5-7-9-17/h4-9,16,19H,1,10-15H2,2-3H3. The van der Waals surface area contributed by atoms with Crippen LogP contribution < -0.4 is 5.32 Å². The summed E-state index contributed by atoms with van der Waals surface area (Å²) in [7, 11) is 0. The molecule has 0 aliphatic carbocycles. The predicted molar refractivity (Wildman–Crippen MR) is 87.1 cm³/mol. The average Bonchev–Trinajstić information content (AvgIpc) is 2.48. The number of hydrogen-bond donors (Lipinski definition) is 1. The molecule has 0 spiro atoms. The highest BCUT2D eigenvalue weighted by Gasteiger charge is 2.35. The molecule has 1 aromatic rings. The van der Waals surface area contributed by atoms with Gasteiger partial charge in [-0.25, -0.2) is 0 Å². The van der Waals surface area contributed by atoms with Crippen LogP contribution in [0.3, 0.4) is 0 Å². The third kappa shape index (κ3) is 3.50. The second-order valence-electron chi connectivity index (χ2n) is 6.21.